The van der Waals surface area contributed by atoms with Crippen LogP contribution in [0.3, 0.4) is 0 Å². The maximum Gasteiger partial charge on any atom is 0.396 e. The van der Waals surface area contributed by atoms with Gasteiger partial charge in [0.05, 0.1) is 13.2 Å². The first kappa shape index (κ1) is 15.4. The number of H-pyrrole nitrogens is 1. The Labute approximate surface area is 98.7 Å². The lowest BCUT2D eigenvalue weighted by Crippen LogP contribution is -2.22. The molecule has 1 rings (SSSR count). The first-order valence-electron chi connectivity index (χ1n) is 4.95. The summed E-state index contributed by atoms with van der Waals surface area (Å²) in [6.45, 7) is -0.226. The van der Waals surface area contributed by atoms with Gasteiger partial charge in [0.15, 0.2) is 6.20 Å². The summed E-state index contributed by atoms with van der Waals surface area (Å²) in [5.41, 5.74) is 0.159. The van der Waals surface area contributed by atoms with Crippen LogP contribution in [0.15, 0.2) is 23.5 Å². The molecule has 17 heavy (non-hydrogen) atoms. The number of hydrogen-bond acceptors (Lipinski definition) is 6. The number of aromatic amines is 1. The van der Waals surface area contributed by atoms with Gasteiger partial charge < -0.3 is 20.1 Å². The second-order valence-electron chi connectivity index (χ2n) is 3.02. The van der Waals surface area contributed by atoms with E-state index in [9.17, 15) is 4.91 Å². The molecule has 0 fully saturated rings. The number of aromatic nitrogens is 1. The molecule has 7 nitrogen and oxygen atoms in total. The van der Waals surface area contributed by atoms with E-state index < -0.39 is 0 Å². The van der Waals surface area contributed by atoms with Crippen LogP contribution in [0.4, 0.5) is 5.69 Å². The molecule has 0 aliphatic heterocycles. The summed E-state index contributed by atoms with van der Waals surface area (Å²) < 4.78 is 5.20. The number of ether oxygens (including phenoxy) is 1. The molecular formula is C10H17N2O5+. The summed E-state index contributed by atoms with van der Waals surface area (Å²) in [5, 5.41) is 27.4. The average Bonchev–Trinajstić information content (AvgIpc) is 2.42. The molecule has 0 saturated heterocycles. The number of rotatable bonds is 6. The van der Waals surface area contributed by atoms with Crippen molar-refractivity contribution in [2.24, 2.45) is 11.1 Å². The van der Waals surface area contributed by atoms with Crippen molar-refractivity contribution in [1.29, 1.82) is 0 Å². The van der Waals surface area contributed by atoms with Crippen molar-refractivity contribution in [3.8, 4) is 5.88 Å². The van der Waals surface area contributed by atoms with E-state index in [-0.39, 0.29) is 37.3 Å². The molecule has 0 bridgehead atoms. The van der Waals surface area contributed by atoms with Crippen LogP contribution < -0.4 is 9.72 Å². The van der Waals surface area contributed by atoms with Crippen LogP contribution in [0.5, 0.6) is 5.88 Å². The Balaban J connectivity index is 0.00000121. The van der Waals surface area contributed by atoms with Gasteiger partial charge in [0.25, 0.3) is 0 Å². The minimum absolute atomic E-state index is 0.121. The topological polar surface area (TPSA) is 113 Å². The molecule has 0 amide bonds. The highest BCUT2D eigenvalue weighted by atomic mass is 16.5. The minimum atomic E-state index is -0.363. The van der Waals surface area contributed by atoms with Gasteiger partial charge in [0.2, 0.25) is 5.69 Å². The number of hydrogen-bond donors (Lipinski definition) is 3. The van der Waals surface area contributed by atoms with Crippen molar-refractivity contribution < 1.29 is 25.0 Å². The molecule has 0 aliphatic rings. The Morgan fingerprint density at radius 1 is 1.41 bits per heavy atom. The Bertz CT molecular complexity index is 317. The number of nitrogens with one attached hydrogen (secondary N) is 1. The average molecular weight is 245 g/mol. The fourth-order valence-corrected chi connectivity index (χ4v) is 0.965. The van der Waals surface area contributed by atoms with Crippen LogP contribution in [0.1, 0.15) is 0 Å². The predicted molar refractivity (Wildman–Crippen MR) is 59.8 cm³/mol. The predicted octanol–water partition coefficient (Wildman–Crippen LogP) is -0.513. The molecule has 0 unspecified atom stereocenters. The van der Waals surface area contributed by atoms with E-state index in [4.69, 9.17) is 20.1 Å². The Kier molecular flexibility index (Phi) is 8.75. The zero-order chi connectivity index (χ0) is 13.1. The molecule has 1 aromatic heterocycles. The maximum atomic E-state index is 10.4. The zero-order valence-corrected chi connectivity index (χ0v) is 9.54. The first-order chi connectivity index (χ1) is 8.31. The molecular weight excluding hydrogens is 228 g/mol. The number of nitrogens with zero attached hydrogens (tertiary/aromatic N) is 1. The van der Waals surface area contributed by atoms with Gasteiger partial charge >= 0.3 is 5.88 Å². The van der Waals surface area contributed by atoms with Crippen LogP contribution in [0.25, 0.3) is 0 Å². The van der Waals surface area contributed by atoms with Crippen molar-refractivity contribution in [3.63, 3.8) is 0 Å². The summed E-state index contributed by atoms with van der Waals surface area (Å²) in [6, 6.07) is 3.13. The number of aliphatic hydroxyl groups excluding tert-OH is 3. The summed E-state index contributed by atoms with van der Waals surface area (Å²) in [6.07, 6.45) is 1.59. The summed E-state index contributed by atoms with van der Waals surface area (Å²) in [5.74, 6) is -0.127. The monoisotopic (exact) mass is 245 g/mol. The highest BCUT2D eigenvalue weighted by Crippen LogP contribution is 2.20. The lowest BCUT2D eigenvalue weighted by Gasteiger charge is -2.09. The Morgan fingerprint density at radius 3 is 2.59 bits per heavy atom. The highest BCUT2D eigenvalue weighted by molar-refractivity contribution is 5.42. The molecule has 0 atom stereocenters. The van der Waals surface area contributed by atoms with E-state index >= 15 is 0 Å². The van der Waals surface area contributed by atoms with E-state index in [1.807, 2.05) is 0 Å². The van der Waals surface area contributed by atoms with Gasteiger partial charge in [-0.1, -0.05) is 0 Å². The van der Waals surface area contributed by atoms with E-state index in [2.05, 4.69) is 10.2 Å². The third kappa shape index (κ3) is 5.34. The van der Waals surface area contributed by atoms with Gasteiger partial charge in [-0.2, -0.15) is 4.98 Å². The molecule has 1 heterocycles. The Morgan fingerprint density at radius 2 is 2.06 bits per heavy atom. The van der Waals surface area contributed by atoms with E-state index in [1.54, 1.807) is 12.3 Å². The van der Waals surface area contributed by atoms with Crippen LogP contribution in [0.2, 0.25) is 0 Å². The molecule has 0 radical (unpaired) electrons. The van der Waals surface area contributed by atoms with Gasteiger partial charge in [-0.15, -0.1) is 4.91 Å². The first-order valence-corrected chi connectivity index (χ1v) is 4.95. The van der Waals surface area contributed by atoms with Gasteiger partial charge in [0.1, 0.15) is 6.61 Å². The summed E-state index contributed by atoms with van der Waals surface area (Å²) in [7, 11) is 1.00. The molecule has 0 spiro atoms. The molecule has 0 aromatic carbocycles. The molecule has 0 saturated carbocycles. The van der Waals surface area contributed by atoms with Crippen molar-refractivity contribution >= 4 is 5.69 Å². The summed E-state index contributed by atoms with van der Waals surface area (Å²) >= 11 is 0. The minimum Gasteiger partial charge on any atom is -0.442 e. The van der Waals surface area contributed by atoms with Gasteiger partial charge in [-0.3, -0.25) is 0 Å². The van der Waals surface area contributed by atoms with Gasteiger partial charge in [-0.25, -0.2) is 0 Å². The van der Waals surface area contributed by atoms with Gasteiger partial charge in [-0.05, 0) is 11.2 Å². The number of pyridine rings is 1. The normalized spacial score (nSPS) is 9.47. The third-order valence-electron chi connectivity index (χ3n) is 1.88. The molecule has 0 aliphatic carbocycles. The fraction of sp³-hybridized carbons (Fsp3) is 0.500. The standard InChI is InChI=1S/C9H12N2O4.CH4O/c12-4-7(5-13)6-15-9-8(11-14)2-1-3-10-9;1-2/h1-3,7,12-13H,4-6H2;2H,1H3/p+1. The second kappa shape index (κ2) is 9.64. The van der Waals surface area contributed by atoms with Crippen molar-refractivity contribution in [1.82, 2.24) is 0 Å². The van der Waals surface area contributed by atoms with Crippen molar-refractivity contribution in [3.05, 3.63) is 23.2 Å². The third-order valence-corrected chi connectivity index (χ3v) is 1.88. The fourth-order valence-electron chi connectivity index (χ4n) is 0.965. The largest absolute Gasteiger partial charge is 0.442 e. The lowest BCUT2D eigenvalue weighted by atomic mass is 10.2. The van der Waals surface area contributed by atoms with E-state index in [1.165, 1.54) is 6.07 Å². The van der Waals surface area contributed by atoms with E-state index in [0.29, 0.717) is 0 Å². The number of aliphatic hydroxyl groups is 3. The van der Waals surface area contributed by atoms with Crippen molar-refractivity contribution in [2.75, 3.05) is 26.9 Å². The molecule has 7 heteroatoms. The van der Waals surface area contributed by atoms with E-state index in [0.717, 1.165) is 7.11 Å². The molecule has 1 aromatic rings. The van der Waals surface area contributed by atoms with Crippen LogP contribution in [0, 0.1) is 10.8 Å². The summed E-state index contributed by atoms with van der Waals surface area (Å²) in [4.78, 5) is 13.1. The molecule has 4 N–H and O–H groups in total. The lowest BCUT2D eigenvalue weighted by molar-refractivity contribution is -0.394. The van der Waals surface area contributed by atoms with Crippen LogP contribution in [-0.4, -0.2) is 42.3 Å². The van der Waals surface area contributed by atoms with Gasteiger partial charge in [0, 0.05) is 19.1 Å². The Hall–Kier alpha value is -1.57. The van der Waals surface area contributed by atoms with Crippen molar-refractivity contribution in [2.45, 2.75) is 0 Å². The maximum absolute atomic E-state index is 10.4. The highest BCUT2D eigenvalue weighted by Gasteiger charge is 2.14. The molecule has 96 valence electrons. The quantitative estimate of drug-likeness (QED) is 0.584. The smallest absolute Gasteiger partial charge is 0.396 e. The van der Waals surface area contributed by atoms with Crippen LogP contribution >= 0.6 is 0 Å². The number of nitroso groups, excluding NO2 is 1. The zero-order valence-electron chi connectivity index (χ0n) is 9.54. The van der Waals surface area contributed by atoms with Crippen LogP contribution in [-0.2, 0) is 0 Å². The SMILES string of the molecule is CO.O=Nc1ccc[nH+]c1OCC(CO)CO. The second-order valence-corrected chi connectivity index (χ2v) is 3.02.